The van der Waals surface area contributed by atoms with Gasteiger partial charge in [-0.2, -0.15) is 4.98 Å². The van der Waals surface area contributed by atoms with Gasteiger partial charge in [0.2, 0.25) is 12.6 Å². The molecule has 5 rings (SSSR count). The highest BCUT2D eigenvalue weighted by Gasteiger charge is 2.14. The molecule has 0 saturated heterocycles. The molecule has 30 heavy (non-hydrogen) atoms. The van der Waals surface area contributed by atoms with Gasteiger partial charge >= 0.3 is 0 Å². The normalized spacial score (nSPS) is 12.0. The summed E-state index contributed by atoms with van der Waals surface area (Å²) in [5.41, 5.74) is 2.36. The first-order valence-electron chi connectivity index (χ1n) is 9.23. The monoisotopic (exact) mass is 403 g/mol. The number of aromatic nitrogens is 4. The van der Waals surface area contributed by atoms with Crippen LogP contribution in [-0.2, 0) is 6.54 Å². The van der Waals surface area contributed by atoms with Gasteiger partial charge in [-0.05, 0) is 54.1 Å². The molecule has 9 nitrogen and oxygen atoms in total. The average molecular weight is 403 g/mol. The topological polar surface area (TPSA) is 104 Å². The Morgan fingerprint density at radius 3 is 2.63 bits per heavy atom. The minimum Gasteiger partial charge on any atom is -0.497 e. The van der Waals surface area contributed by atoms with Crippen LogP contribution < -0.4 is 19.5 Å². The Morgan fingerprint density at radius 2 is 1.83 bits per heavy atom. The molecule has 2 aromatic heterocycles. The van der Waals surface area contributed by atoms with Crippen LogP contribution in [0.15, 0.2) is 59.1 Å². The van der Waals surface area contributed by atoms with Crippen LogP contribution in [0.3, 0.4) is 0 Å². The maximum Gasteiger partial charge on any atom is 0.278 e. The number of benzene rings is 2. The number of hydrogen-bond acceptors (Lipinski definition) is 9. The molecule has 9 heteroatoms. The van der Waals surface area contributed by atoms with Gasteiger partial charge in [0, 0.05) is 12.1 Å². The van der Waals surface area contributed by atoms with Gasteiger partial charge in [-0.25, -0.2) is 0 Å². The number of nitrogens with one attached hydrogen (secondary N) is 1. The van der Waals surface area contributed by atoms with Gasteiger partial charge < -0.3 is 24.1 Å². The predicted molar refractivity (Wildman–Crippen MR) is 107 cm³/mol. The molecule has 0 amide bonds. The third-order valence-electron chi connectivity index (χ3n) is 4.57. The summed E-state index contributed by atoms with van der Waals surface area (Å²) in [6.45, 7) is 0.835. The van der Waals surface area contributed by atoms with Gasteiger partial charge in [-0.15, -0.1) is 10.2 Å². The van der Waals surface area contributed by atoms with E-state index < -0.39 is 0 Å². The Morgan fingerprint density at radius 1 is 0.967 bits per heavy atom. The summed E-state index contributed by atoms with van der Waals surface area (Å²) in [6.07, 6.45) is 0. The highest BCUT2D eigenvalue weighted by Crippen LogP contribution is 2.32. The molecule has 0 bridgehead atoms. The SMILES string of the molecule is COc1ccc(-c2noc(-c3ccc(NCc4ccc5c(c4)OCO5)nn3)n2)cc1. The lowest BCUT2D eigenvalue weighted by molar-refractivity contribution is 0.174. The van der Waals surface area contributed by atoms with Crippen molar-refractivity contribution in [2.75, 3.05) is 19.2 Å². The number of rotatable bonds is 6. The molecule has 150 valence electrons. The zero-order valence-electron chi connectivity index (χ0n) is 16.0. The quantitative estimate of drug-likeness (QED) is 0.517. The zero-order chi connectivity index (χ0) is 20.3. The van der Waals surface area contributed by atoms with Crippen LogP contribution in [0.2, 0.25) is 0 Å². The van der Waals surface area contributed by atoms with Gasteiger partial charge in [0.1, 0.15) is 11.6 Å². The molecular formula is C21H17N5O4. The van der Waals surface area contributed by atoms with Gasteiger partial charge in [-0.3, -0.25) is 0 Å². The Hall–Kier alpha value is -4.14. The summed E-state index contributed by atoms with van der Waals surface area (Å²) in [5, 5.41) is 15.6. The lowest BCUT2D eigenvalue weighted by atomic mass is 10.2. The largest absolute Gasteiger partial charge is 0.497 e. The molecule has 2 aromatic carbocycles. The van der Waals surface area contributed by atoms with E-state index >= 15 is 0 Å². The van der Waals surface area contributed by atoms with Crippen LogP contribution in [0.25, 0.3) is 23.0 Å². The fourth-order valence-electron chi connectivity index (χ4n) is 2.97. The van der Waals surface area contributed by atoms with Gasteiger partial charge in [0.15, 0.2) is 17.2 Å². The summed E-state index contributed by atoms with van der Waals surface area (Å²) >= 11 is 0. The molecule has 0 saturated carbocycles. The van der Waals surface area contributed by atoms with E-state index in [2.05, 4.69) is 25.7 Å². The summed E-state index contributed by atoms with van der Waals surface area (Å²) in [4.78, 5) is 4.40. The van der Waals surface area contributed by atoms with Crippen LogP contribution in [0, 0.1) is 0 Å². The van der Waals surface area contributed by atoms with Crippen LogP contribution >= 0.6 is 0 Å². The van der Waals surface area contributed by atoms with E-state index in [0.717, 1.165) is 28.4 Å². The van der Waals surface area contributed by atoms with Gasteiger partial charge in [0.25, 0.3) is 5.89 Å². The van der Waals surface area contributed by atoms with E-state index in [1.165, 1.54) is 0 Å². The molecule has 0 fully saturated rings. The summed E-state index contributed by atoms with van der Waals surface area (Å²) in [5.74, 6) is 3.68. The van der Waals surface area contributed by atoms with E-state index in [1.807, 2.05) is 48.5 Å². The molecule has 1 aliphatic rings. The highest BCUT2D eigenvalue weighted by atomic mass is 16.7. The first kappa shape index (κ1) is 17.9. The maximum atomic E-state index is 5.39. The van der Waals surface area contributed by atoms with Crippen molar-refractivity contribution in [1.82, 2.24) is 20.3 Å². The summed E-state index contributed by atoms with van der Waals surface area (Å²) in [7, 11) is 1.62. The van der Waals surface area contributed by atoms with Crippen LogP contribution in [-0.4, -0.2) is 34.2 Å². The third kappa shape index (κ3) is 3.60. The second-order valence-electron chi connectivity index (χ2n) is 6.50. The Bertz CT molecular complexity index is 1160. The molecule has 0 unspecified atom stereocenters. The van der Waals surface area contributed by atoms with E-state index in [-0.39, 0.29) is 6.79 Å². The van der Waals surface area contributed by atoms with E-state index in [4.69, 9.17) is 18.7 Å². The fraction of sp³-hybridized carbons (Fsp3) is 0.143. The van der Waals surface area contributed by atoms with Crippen molar-refractivity contribution in [2.24, 2.45) is 0 Å². The summed E-state index contributed by atoms with van der Waals surface area (Å²) in [6, 6.07) is 16.8. The van der Waals surface area contributed by atoms with Crippen molar-refractivity contribution >= 4 is 5.82 Å². The highest BCUT2D eigenvalue weighted by molar-refractivity contribution is 5.59. The first-order chi connectivity index (χ1) is 14.8. The summed E-state index contributed by atoms with van der Waals surface area (Å²) < 4.78 is 21.2. The number of hydrogen-bond donors (Lipinski definition) is 1. The lowest BCUT2D eigenvalue weighted by Gasteiger charge is -2.06. The Balaban J connectivity index is 1.25. The first-order valence-corrected chi connectivity index (χ1v) is 9.23. The van der Waals surface area contributed by atoms with E-state index in [9.17, 15) is 0 Å². The molecule has 3 heterocycles. The number of fused-ring (bicyclic) bond motifs is 1. The van der Waals surface area contributed by atoms with Crippen molar-refractivity contribution < 1.29 is 18.7 Å². The number of ether oxygens (including phenoxy) is 3. The smallest absolute Gasteiger partial charge is 0.278 e. The molecule has 0 spiro atoms. The van der Waals surface area contributed by atoms with Crippen LogP contribution in [0.4, 0.5) is 5.82 Å². The van der Waals surface area contributed by atoms with E-state index in [0.29, 0.717) is 29.8 Å². The van der Waals surface area contributed by atoms with Gasteiger partial charge in [0.05, 0.1) is 7.11 Å². The van der Waals surface area contributed by atoms with Crippen molar-refractivity contribution in [1.29, 1.82) is 0 Å². The van der Waals surface area contributed by atoms with Gasteiger partial charge in [-0.1, -0.05) is 11.2 Å². The molecule has 0 aliphatic carbocycles. The van der Waals surface area contributed by atoms with Crippen molar-refractivity contribution in [3.63, 3.8) is 0 Å². The molecule has 1 N–H and O–H groups in total. The molecule has 4 aromatic rings. The number of anilines is 1. The molecule has 0 radical (unpaired) electrons. The Kier molecular flexibility index (Phi) is 4.60. The minimum absolute atomic E-state index is 0.259. The minimum atomic E-state index is 0.259. The zero-order valence-corrected chi connectivity index (χ0v) is 16.0. The molecular weight excluding hydrogens is 386 g/mol. The third-order valence-corrected chi connectivity index (χ3v) is 4.57. The van der Waals surface area contributed by atoms with Crippen molar-refractivity contribution in [3.05, 3.63) is 60.2 Å². The number of nitrogens with zero attached hydrogens (tertiary/aromatic N) is 4. The standard InChI is InChI=1S/C21H17N5O4/c1-27-15-5-3-14(4-6-15)20-23-21(30-26-20)16-7-9-19(25-24-16)22-11-13-2-8-17-18(10-13)29-12-28-17/h2-10H,11-12H2,1H3,(H,22,25). The average Bonchev–Trinajstić information content (AvgIpc) is 3.48. The van der Waals surface area contributed by atoms with Crippen LogP contribution in [0.1, 0.15) is 5.56 Å². The number of methoxy groups -OCH3 is 1. The predicted octanol–water partition coefficient (Wildman–Crippen LogP) is 3.54. The van der Waals surface area contributed by atoms with Crippen molar-refractivity contribution in [3.8, 4) is 40.2 Å². The second kappa shape index (κ2) is 7.70. The Labute approximate surface area is 171 Å². The lowest BCUT2D eigenvalue weighted by Crippen LogP contribution is -2.02. The fourth-order valence-corrected chi connectivity index (χ4v) is 2.97. The molecule has 0 atom stereocenters. The van der Waals surface area contributed by atoms with Crippen LogP contribution in [0.5, 0.6) is 17.2 Å². The second-order valence-corrected chi connectivity index (χ2v) is 6.50. The van der Waals surface area contributed by atoms with E-state index in [1.54, 1.807) is 13.2 Å². The van der Waals surface area contributed by atoms with Crippen molar-refractivity contribution in [2.45, 2.75) is 6.54 Å². The maximum absolute atomic E-state index is 5.39. The molecule has 1 aliphatic heterocycles.